The van der Waals surface area contributed by atoms with Crippen LogP contribution >= 0.6 is 0 Å². The molecule has 0 bridgehead atoms. The lowest BCUT2D eigenvalue weighted by Crippen LogP contribution is -2.61. The van der Waals surface area contributed by atoms with E-state index >= 15 is 0 Å². The Bertz CT molecular complexity index is 971. The molecule has 2 aliphatic carbocycles. The summed E-state index contributed by atoms with van der Waals surface area (Å²) in [5.74, 6) is 0.212. The molecule has 0 radical (unpaired) electrons. The minimum atomic E-state index is -1.06. The maximum Gasteiger partial charge on any atom is 0.252 e. The van der Waals surface area contributed by atoms with Gasteiger partial charge in [0.2, 0.25) is 0 Å². The monoisotopic (exact) mass is 442 g/mol. The standard InChI is InChI=1S/C19H25NO4.C6H9NO/c1-11-5-6-14(17(20)23)16(22)15(11)18-8-3-4-12(2)19(18,24)9-7-13(21)10-18;1-7-5-6-3-2-4-8-6/h5-6,12,22,24H,3-4,7-10H2,1-2H3,(H2,20,23);2-4,7H,5H2,1H3/t12-,18+,19+;/m0./s1. The largest absolute Gasteiger partial charge is 0.507 e. The first-order chi connectivity index (χ1) is 15.2. The molecule has 174 valence electrons. The second-order valence-corrected chi connectivity index (χ2v) is 9.14. The summed E-state index contributed by atoms with van der Waals surface area (Å²) in [4.78, 5) is 24.0. The molecule has 0 saturated heterocycles. The molecule has 1 aromatic carbocycles. The normalized spacial score (nSPS) is 27.2. The van der Waals surface area contributed by atoms with Crippen LogP contribution < -0.4 is 11.1 Å². The maximum atomic E-state index is 12.3. The van der Waals surface area contributed by atoms with Crippen molar-refractivity contribution in [1.82, 2.24) is 5.32 Å². The van der Waals surface area contributed by atoms with Crippen LogP contribution in [0.2, 0.25) is 0 Å². The van der Waals surface area contributed by atoms with Crippen molar-refractivity contribution in [3.8, 4) is 5.75 Å². The minimum Gasteiger partial charge on any atom is -0.507 e. The molecule has 1 heterocycles. The number of phenols is 1. The molecular weight excluding hydrogens is 408 g/mol. The van der Waals surface area contributed by atoms with E-state index in [0.717, 1.165) is 30.7 Å². The first-order valence-electron chi connectivity index (χ1n) is 11.2. The minimum absolute atomic E-state index is 0.0235. The van der Waals surface area contributed by atoms with Crippen molar-refractivity contribution in [3.05, 3.63) is 53.0 Å². The second-order valence-electron chi connectivity index (χ2n) is 9.14. The molecule has 3 atom stereocenters. The van der Waals surface area contributed by atoms with Crippen LogP contribution in [-0.2, 0) is 16.8 Å². The van der Waals surface area contributed by atoms with Gasteiger partial charge in [0.15, 0.2) is 0 Å². The number of carbonyl (C=O) groups excluding carboxylic acids is 2. The highest BCUT2D eigenvalue weighted by Gasteiger charge is 2.60. The van der Waals surface area contributed by atoms with Gasteiger partial charge in [-0.1, -0.05) is 19.4 Å². The molecule has 2 aromatic rings. The molecule has 1 aromatic heterocycles. The van der Waals surface area contributed by atoms with Gasteiger partial charge in [-0.3, -0.25) is 9.59 Å². The van der Waals surface area contributed by atoms with Crippen LogP contribution in [0.4, 0.5) is 0 Å². The van der Waals surface area contributed by atoms with Crippen molar-refractivity contribution in [2.45, 2.75) is 69.9 Å². The molecule has 7 heteroatoms. The summed E-state index contributed by atoms with van der Waals surface area (Å²) in [6, 6.07) is 7.06. The fourth-order valence-corrected chi connectivity index (χ4v) is 5.63. The van der Waals surface area contributed by atoms with E-state index in [1.54, 1.807) is 12.3 Å². The Balaban J connectivity index is 0.000000305. The van der Waals surface area contributed by atoms with Crippen molar-refractivity contribution in [2.24, 2.45) is 11.7 Å². The number of nitrogens with two attached hydrogens (primary N) is 1. The maximum absolute atomic E-state index is 12.3. The number of hydrogen-bond donors (Lipinski definition) is 4. The summed E-state index contributed by atoms with van der Waals surface area (Å²) < 4.78 is 5.01. The number of aryl methyl sites for hydroxylation is 1. The van der Waals surface area contributed by atoms with Gasteiger partial charge >= 0.3 is 0 Å². The van der Waals surface area contributed by atoms with Crippen LogP contribution in [0.5, 0.6) is 5.75 Å². The topological polar surface area (TPSA) is 126 Å². The molecule has 0 spiro atoms. The summed E-state index contributed by atoms with van der Waals surface area (Å²) in [6.07, 6.45) is 5.01. The Morgan fingerprint density at radius 2 is 2.06 bits per heavy atom. The van der Waals surface area contributed by atoms with E-state index in [2.05, 4.69) is 5.32 Å². The molecule has 1 amide bonds. The van der Waals surface area contributed by atoms with E-state index in [4.69, 9.17) is 10.2 Å². The summed E-state index contributed by atoms with van der Waals surface area (Å²) in [7, 11) is 1.89. The summed E-state index contributed by atoms with van der Waals surface area (Å²) in [5, 5.41) is 25.3. The Morgan fingerprint density at radius 3 is 2.69 bits per heavy atom. The molecule has 2 aliphatic rings. The van der Waals surface area contributed by atoms with Gasteiger partial charge in [-0.15, -0.1) is 0 Å². The van der Waals surface area contributed by atoms with Crippen molar-refractivity contribution < 1.29 is 24.2 Å². The lowest BCUT2D eigenvalue weighted by atomic mass is 9.50. The summed E-state index contributed by atoms with van der Waals surface area (Å²) in [6.45, 7) is 4.66. The molecule has 5 N–H and O–H groups in total. The SMILES string of the molecule is CNCc1ccco1.Cc1ccc(C(N)=O)c(O)c1[C@]12CCC[C@H](C)[C@]1(O)CCC(=O)C2. The fraction of sp³-hybridized carbons (Fsp3) is 0.520. The van der Waals surface area contributed by atoms with Crippen LogP contribution in [0.3, 0.4) is 0 Å². The highest BCUT2D eigenvalue weighted by molar-refractivity contribution is 5.96. The number of aromatic hydroxyl groups is 1. The van der Waals surface area contributed by atoms with Crippen LogP contribution in [0, 0.1) is 12.8 Å². The number of hydrogen-bond acceptors (Lipinski definition) is 6. The van der Waals surface area contributed by atoms with Crippen molar-refractivity contribution in [3.63, 3.8) is 0 Å². The average molecular weight is 443 g/mol. The van der Waals surface area contributed by atoms with Gasteiger partial charge < -0.3 is 25.7 Å². The third kappa shape index (κ3) is 4.19. The van der Waals surface area contributed by atoms with Crippen LogP contribution in [0.25, 0.3) is 0 Å². The van der Waals surface area contributed by atoms with E-state index in [1.165, 1.54) is 6.07 Å². The quantitative estimate of drug-likeness (QED) is 0.575. The smallest absolute Gasteiger partial charge is 0.252 e. The molecule has 0 unspecified atom stereocenters. The zero-order valence-electron chi connectivity index (χ0n) is 19.1. The van der Waals surface area contributed by atoms with Gasteiger partial charge in [-0.2, -0.15) is 0 Å². The van der Waals surface area contributed by atoms with Crippen LogP contribution in [-0.4, -0.2) is 34.6 Å². The molecule has 4 rings (SSSR count). The second kappa shape index (κ2) is 9.46. The first-order valence-corrected chi connectivity index (χ1v) is 11.2. The van der Waals surface area contributed by atoms with Crippen molar-refractivity contribution in [2.75, 3.05) is 7.05 Å². The highest BCUT2D eigenvalue weighted by Crippen LogP contribution is 2.58. The predicted molar refractivity (Wildman–Crippen MR) is 121 cm³/mol. The van der Waals surface area contributed by atoms with Gasteiger partial charge in [-0.25, -0.2) is 0 Å². The van der Waals surface area contributed by atoms with E-state index in [-0.39, 0.29) is 29.4 Å². The number of benzene rings is 1. The molecular formula is C25H34N2O5. The fourth-order valence-electron chi connectivity index (χ4n) is 5.63. The van der Waals surface area contributed by atoms with E-state index < -0.39 is 16.9 Å². The van der Waals surface area contributed by atoms with Crippen molar-refractivity contribution >= 4 is 11.7 Å². The number of furan rings is 1. The van der Waals surface area contributed by atoms with Crippen LogP contribution in [0.1, 0.15) is 72.7 Å². The number of amides is 1. The van der Waals surface area contributed by atoms with Crippen LogP contribution in [0.15, 0.2) is 34.9 Å². The van der Waals surface area contributed by atoms with Gasteiger partial charge in [-0.05, 0) is 62.9 Å². The number of Topliss-reactive ketones (excluding diaryl/α,β-unsaturated/α-hetero) is 1. The van der Waals surface area contributed by atoms with Gasteiger partial charge in [0, 0.05) is 23.8 Å². The average Bonchev–Trinajstić information content (AvgIpc) is 3.24. The third-order valence-electron chi connectivity index (χ3n) is 7.23. The highest BCUT2D eigenvalue weighted by atomic mass is 16.3. The Morgan fingerprint density at radius 1 is 1.31 bits per heavy atom. The van der Waals surface area contributed by atoms with Crippen molar-refractivity contribution in [1.29, 1.82) is 0 Å². The lowest BCUT2D eigenvalue weighted by molar-refractivity contribution is -0.153. The molecule has 32 heavy (non-hydrogen) atoms. The number of nitrogens with one attached hydrogen (secondary N) is 1. The zero-order chi connectivity index (χ0) is 23.5. The number of ketones is 1. The number of rotatable bonds is 4. The Labute approximate surface area is 189 Å². The summed E-state index contributed by atoms with van der Waals surface area (Å²) >= 11 is 0. The number of primary amides is 1. The Kier molecular flexibility index (Phi) is 7.10. The number of aliphatic hydroxyl groups is 1. The first kappa shape index (κ1) is 24.0. The molecule has 2 saturated carbocycles. The van der Waals surface area contributed by atoms with E-state index in [0.29, 0.717) is 24.8 Å². The Hall–Kier alpha value is -2.64. The van der Waals surface area contributed by atoms with Gasteiger partial charge in [0.25, 0.3) is 5.91 Å². The van der Waals surface area contributed by atoms with E-state index in [9.17, 15) is 19.8 Å². The number of carbonyl (C=O) groups is 2. The van der Waals surface area contributed by atoms with Gasteiger partial charge in [0.1, 0.15) is 17.3 Å². The molecule has 2 fully saturated rings. The van der Waals surface area contributed by atoms with Gasteiger partial charge in [0.05, 0.1) is 24.0 Å². The molecule has 0 aliphatic heterocycles. The van der Waals surface area contributed by atoms with E-state index in [1.807, 2.05) is 33.0 Å². The third-order valence-corrected chi connectivity index (χ3v) is 7.23. The lowest BCUT2D eigenvalue weighted by Gasteiger charge is -2.57. The molecule has 7 nitrogen and oxygen atoms in total. The predicted octanol–water partition coefficient (Wildman–Crippen LogP) is 3.34. The number of fused-ring (bicyclic) bond motifs is 1. The zero-order valence-corrected chi connectivity index (χ0v) is 19.1. The summed E-state index contributed by atoms with van der Waals surface area (Å²) in [5.41, 5.74) is 4.83.